The molecule has 0 aromatic heterocycles. The van der Waals surface area contributed by atoms with E-state index in [1.807, 2.05) is 17.9 Å². The van der Waals surface area contributed by atoms with Gasteiger partial charge in [-0.15, -0.1) is 0 Å². The molecule has 1 aromatic carbocycles. The maximum atomic E-state index is 11.9. The van der Waals surface area contributed by atoms with Crippen molar-refractivity contribution < 1.29 is 9.90 Å². The van der Waals surface area contributed by atoms with E-state index in [-0.39, 0.29) is 12.0 Å². The van der Waals surface area contributed by atoms with Gasteiger partial charge >= 0.3 is 0 Å². The molecule has 0 radical (unpaired) electrons. The summed E-state index contributed by atoms with van der Waals surface area (Å²) in [5.74, 6) is -0.0746. The molecule has 4 nitrogen and oxygen atoms in total. The Morgan fingerprint density at radius 3 is 3.06 bits per heavy atom. The number of nitrogens with one attached hydrogen (secondary N) is 1. The molecule has 1 aliphatic heterocycles. The third-order valence-electron chi connectivity index (χ3n) is 3.09. The monoisotopic (exact) mass is 268 g/mol. The summed E-state index contributed by atoms with van der Waals surface area (Å²) in [5, 5.41) is 12.8. The largest absolute Gasteiger partial charge is 0.392 e. The van der Waals surface area contributed by atoms with Crippen LogP contribution in [0, 0.1) is 6.92 Å². The molecule has 1 unspecified atom stereocenters. The summed E-state index contributed by atoms with van der Waals surface area (Å²) in [6, 6.07) is 5.41. The predicted molar refractivity (Wildman–Crippen MR) is 71.9 cm³/mol. The molecular formula is C13H17ClN2O2. The zero-order valence-corrected chi connectivity index (χ0v) is 11.1. The molecule has 2 rings (SSSR count). The number of aliphatic hydroxyl groups excluding tert-OH is 1. The molecule has 2 N–H and O–H groups in total. The van der Waals surface area contributed by atoms with Gasteiger partial charge in [0.1, 0.15) is 0 Å². The van der Waals surface area contributed by atoms with E-state index in [1.54, 1.807) is 12.1 Å². The number of halogens is 1. The minimum Gasteiger partial charge on any atom is -0.392 e. The number of hydrogen-bond acceptors (Lipinski definition) is 3. The lowest BCUT2D eigenvalue weighted by atomic mass is 10.2. The van der Waals surface area contributed by atoms with Crippen LogP contribution >= 0.6 is 11.6 Å². The van der Waals surface area contributed by atoms with Gasteiger partial charge in [0, 0.05) is 23.8 Å². The van der Waals surface area contributed by atoms with Crippen molar-refractivity contribution in [3.8, 4) is 0 Å². The maximum absolute atomic E-state index is 11.9. The molecule has 18 heavy (non-hydrogen) atoms. The van der Waals surface area contributed by atoms with Crippen LogP contribution in [-0.2, 0) is 4.79 Å². The number of aryl methyl sites for hydroxylation is 1. The molecule has 1 atom stereocenters. The summed E-state index contributed by atoms with van der Waals surface area (Å²) in [4.78, 5) is 13.8. The summed E-state index contributed by atoms with van der Waals surface area (Å²) in [6.07, 6.45) is 0.439. The highest BCUT2D eigenvalue weighted by Crippen LogP contribution is 2.20. The first-order valence-electron chi connectivity index (χ1n) is 6.01. The van der Waals surface area contributed by atoms with E-state index in [4.69, 9.17) is 11.6 Å². The SMILES string of the molecule is Cc1ccc(Cl)cc1NC(=O)CN1CCC(O)C1. The topological polar surface area (TPSA) is 52.6 Å². The van der Waals surface area contributed by atoms with Gasteiger partial charge in [0.15, 0.2) is 0 Å². The second-order valence-corrected chi connectivity index (χ2v) is 5.12. The van der Waals surface area contributed by atoms with E-state index in [1.165, 1.54) is 0 Å². The van der Waals surface area contributed by atoms with Gasteiger partial charge < -0.3 is 10.4 Å². The lowest BCUT2D eigenvalue weighted by Gasteiger charge is -2.15. The number of likely N-dealkylation sites (tertiary alicyclic amines) is 1. The summed E-state index contributed by atoms with van der Waals surface area (Å²) in [7, 11) is 0. The Morgan fingerprint density at radius 2 is 2.39 bits per heavy atom. The van der Waals surface area contributed by atoms with E-state index >= 15 is 0 Å². The molecule has 1 heterocycles. The van der Waals surface area contributed by atoms with Crippen LogP contribution in [-0.4, -0.2) is 41.7 Å². The highest BCUT2D eigenvalue weighted by molar-refractivity contribution is 6.31. The Bertz CT molecular complexity index is 451. The van der Waals surface area contributed by atoms with Crippen LogP contribution in [0.3, 0.4) is 0 Å². The van der Waals surface area contributed by atoms with E-state index in [0.29, 0.717) is 18.1 Å². The molecule has 1 aliphatic rings. The molecule has 0 aliphatic carbocycles. The lowest BCUT2D eigenvalue weighted by molar-refractivity contribution is -0.117. The quantitative estimate of drug-likeness (QED) is 0.877. The highest BCUT2D eigenvalue weighted by Gasteiger charge is 2.22. The van der Waals surface area contributed by atoms with Gasteiger partial charge in [-0.3, -0.25) is 9.69 Å². The first-order chi connectivity index (χ1) is 8.54. The minimum absolute atomic E-state index is 0.0746. The Labute approximate surface area is 112 Å². The highest BCUT2D eigenvalue weighted by atomic mass is 35.5. The zero-order valence-electron chi connectivity index (χ0n) is 10.3. The van der Waals surface area contributed by atoms with Crippen molar-refractivity contribution in [2.45, 2.75) is 19.4 Å². The molecule has 0 bridgehead atoms. The standard InChI is InChI=1S/C13H17ClN2O2/c1-9-2-3-10(14)6-12(9)15-13(18)8-16-5-4-11(17)7-16/h2-3,6,11,17H,4-5,7-8H2,1H3,(H,15,18). The minimum atomic E-state index is -0.300. The van der Waals surface area contributed by atoms with Gasteiger partial charge in [-0.05, 0) is 31.0 Å². The van der Waals surface area contributed by atoms with E-state index < -0.39 is 0 Å². The van der Waals surface area contributed by atoms with Gasteiger partial charge in [-0.25, -0.2) is 0 Å². The van der Waals surface area contributed by atoms with E-state index in [9.17, 15) is 9.90 Å². The maximum Gasteiger partial charge on any atom is 0.238 e. The number of amides is 1. The second kappa shape index (κ2) is 5.69. The van der Waals surface area contributed by atoms with Crippen LogP contribution in [0.15, 0.2) is 18.2 Å². The smallest absolute Gasteiger partial charge is 0.238 e. The molecule has 0 saturated carbocycles. The van der Waals surface area contributed by atoms with Crippen molar-refractivity contribution in [3.05, 3.63) is 28.8 Å². The van der Waals surface area contributed by atoms with Gasteiger partial charge in [0.05, 0.1) is 12.6 Å². The average molecular weight is 269 g/mol. The number of rotatable bonds is 3. The van der Waals surface area contributed by atoms with Crippen molar-refractivity contribution in [1.82, 2.24) is 4.90 Å². The molecule has 5 heteroatoms. The normalized spacial score (nSPS) is 20.1. The number of nitrogens with zero attached hydrogens (tertiary/aromatic N) is 1. The van der Waals surface area contributed by atoms with Crippen molar-refractivity contribution in [1.29, 1.82) is 0 Å². The number of carbonyl (C=O) groups excluding carboxylic acids is 1. The first kappa shape index (κ1) is 13.3. The van der Waals surface area contributed by atoms with Crippen LogP contribution in [0.5, 0.6) is 0 Å². The third-order valence-corrected chi connectivity index (χ3v) is 3.32. The zero-order chi connectivity index (χ0) is 13.1. The van der Waals surface area contributed by atoms with Gasteiger partial charge in [0.2, 0.25) is 5.91 Å². The number of carbonyl (C=O) groups is 1. The lowest BCUT2D eigenvalue weighted by Crippen LogP contribution is -2.32. The average Bonchev–Trinajstić information content (AvgIpc) is 2.69. The van der Waals surface area contributed by atoms with Crippen LogP contribution < -0.4 is 5.32 Å². The fourth-order valence-corrected chi connectivity index (χ4v) is 2.25. The van der Waals surface area contributed by atoms with Crippen LogP contribution in [0.25, 0.3) is 0 Å². The summed E-state index contributed by atoms with van der Waals surface area (Å²) >= 11 is 5.89. The summed E-state index contributed by atoms with van der Waals surface area (Å²) in [5.41, 5.74) is 1.72. The fraction of sp³-hybridized carbons (Fsp3) is 0.462. The van der Waals surface area contributed by atoms with Crippen molar-refractivity contribution in [2.75, 3.05) is 25.0 Å². The Kier molecular flexibility index (Phi) is 4.22. The van der Waals surface area contributed by atoms with Gasteiger partial charge in [-0.2, -0.15) is 0 Å². The van der Waals surface area contributed by atoms with E-state index in [2.05, 4.69) is 5.32 Å². The van der Waals surface area contributed by atoms with Crippen LogP contribution in [0.1, 0.15) is 12.0 Å². The van der Waals surface area contributed by atoms with Gasteiger partial charge in [-0.1, -0.05) is 17.7 Å². The number of hydrogen-bond donors (Lipinski definition) is 2. The van der Waals surface area contributed by atoms with E-state index in [0.717, 1.165) is 24.2 Å². The van der Waals surface area contributed by atoms with Crippen LogP contribution in [0.4, 0.5) is 5.69 Å². The van der Waals surface area contributed by atoms with Gasteiger partial charge in [0.25, 0.3) is 0 Å². The third kappa shape index (κ3) is 3.45. The Hall–Kier alpha value is -1.10. The number of benzene rings is 1. The second-order valence-electron chi connectivity index (χ2n) is 4.69. The number of anilines is 1. The fourth-order valence-electron chi connectivity index (χ4n) is 2.08. The molecule has 1 saturated heterocycles. The summed E-state index contributed by atoms with van der Waals surface area (Å²) in [6.45, 7) is 3.57. The number of aliphatic hydroxyl groups is 1. The molecule has 98 valence electrons. The molecule has 1 aromatic rings. The Balaban J connectivity index is 1.92. The predicted octanol–water partition coefficient (Wildman–Crippen LogP) is 1.65. The van der Waals surface area contributed by atoms with Crippen LogP contribution in [0.2, 0.25) is 5.02 Å². The molecule has 0 spiro atoms. The summed E-state index contributed by atoms with van der Waals surface area (Å²) < 4.78 is 0. The Morgan fingerprint density at radius 1 is 1.61 bits per heavy atom. The number of β-amino-alcohol motifs (C(OH)–C–C–N with tert-alkyl or cyclic N) is 1. The first-order valence-corrected chi connectivity index (χ1v) is 6.39. The molecule has 1 amide bonds. The molecular weight excluding hydrogens is 252 g/mol. The molecule has 1 fully saturated rings. The van der Waals surface area contributed by atoms with Crippen molar-refractivity contribution >= 4 is 23.2 Å². The van der Waals surface area contributed by atoms with Crippen molar-refractivity contribution in [3.63, 3.8) is 0 Å². The van der Waals surface area contributed by atoms with Crippen molar-refractivity contribution in [2.24, 2.45) is 0 Å².